The molecule has 34 heavy (non-hydrogen) atoms. The Hall–Kier alpha value is -3.19. The third-order valence-corrected chi connectivity index (χ3v) is 7.74. The lowest BCUT2D eigenvalue weighted by Gasteiger charge is -2.32. The molecule has 3 heterocycles. The van der Waals surface area contributed by atoms with Gasteiger partial charge < -0.3 is 14.8 Å². The van der Waals surface area contributed by atoms with Crippen LogP contribution in [0.15, 0.2) is 60.0 Å². The summed E-state index contributed by atoms with van der Waals surface area (Å²) < 4.78 is 15.6. The fraction of sp³-hybridized carbons (Fsp3) is 0.333. The first-order valence-electron chi connectivity index (χ1n) is 11.8. The highest BCUT2D eigenvalue weighted by Crippen LogP contribution is 2.28. The van der Waals surface area contributed by atoms with Gasteiger partial charge in [-0.3, -0.25) is 4.79 Å². The second-order valence-electron chi connectivity index (χ2n) is 8.94. The van der Waals surface area contributed by atoms with Crippen molar-refractivity contribution in [2.24, 2.45) is 5.92 Å². The number of anilines is 1. The quantitative estimate of drug-likeness (QED) is 0.400. The number of piperidine rings is 1. The van der Waals surface area contributed by atoms with Gasteiger partial charge in [0.15, 0.2) is 0 Å². The average Bonchev–Trinajstić information content (AvgIpc) is 3.44. The van der Waals surface area contributed by atoms with Gasteiger partial charge in [0.05, 0.1) is 17.6 Å². The number of aromatic nitrogens is 2. The van der Waals surface area contributed by atoms with E-state index in [0.717, 1.165) is 54.9 Å². The van der Waals surface area contributed by atoms with Crippen LogP contribution in [0.25, 0.3) is 11.0 Å². The Labute approximate surface area is 203 Å². The van der Waals surface area contributed by atoms with Crippen molar-refractivity contribution in [3.8, 4) is 0 Å². The number of fused-ring (bicyclic) bond motifs is 1. The van der Waals surface area contributed by atoms with Gasteiger partial charge in [-0.05, 0) is 73.0 Å². The summed E-state index contributed by atoms with van der Waals surface area (Å²) in [6.45, 7) is 5.00. The molecule has 0 saturated carbocycles. The molecule has 176 valence electrons. The van der Waals surface area contributed by atoms with E-state index in [4.69, 9.17) is 4.98 Å². The van der Waals surface area contributed by atoms with Crippen molar-refractivity contribution in [3.05, 3.63) is 81.8 Å². The smallest absolute Gasteiger partial charge is 0.223 e. The Balaban J connectivity index is 1.25. The minimum absolute atomic E-state index is 0.0376. The molecule has 7 heteroatoms. The maximum Gasteiger partial charge on any atom is 0.223 e. The molecule has 0 unspecified atom stereocenters. The zero-order valence-corrected chi connectivity index (χ0v) is 20.2. The normalized spacial score (nSPS) is 14.6. The highest BCUT2D eigenvalue weighted by atomic mass is 32.1. The van der Waals surface area contributed by atoms with Crippen LogP contribution in [0.2, 0.25) is 0 Å². The number of nitrogens with zero attached hydrogens (tertiary/aromatic N) is 3. The highest BCUT2D eigenvalue weighted by Gasteiger charge is 2.27. The van der Waals surface area contributed by atoms with Gasteiger partial charge in [-0.2, -0.15) is 0 Å². The molecule has 1 fully saturated rings. The predicted octanol–water partition coefficient (Wildman–Crippen LogP) is 5.17. The van der Waals surface area contributed by atoms with Crippen molar-refractivity contribution in [1.29, 1.82) is 0 Å². The third-order valence-electron chi connectivity index (χ3n) is 6.66. The molecule has 0 atom stereocenters. The minimum Gasteiger partial charge on any atom is -0.355 e. The molecule has 2 aromatic carbocycles. The number of thiophene rings is 1. The average molecular weight is 477 g/mol. The fourth-order valence-corrected chi connectivity index (χ4v) is 5.59. The van der Waals surface area contributed by atoms with E-state index in [1.165, 1.54) is 22.6 Å². The van der Waals surface area contributed by atoms with E-state index in [0.29, 0.717) is 13.1 Å². The number of rotatable bonds is 7. The Morgan fingerprint density at radius 3 is 2.62 bits per heavy atom. The molecular formula is C27H29FN4OS. The van der Waals surface area contributed by atoms with E-state index < -0.39 is 0 Å². The summed E-state index contributed by atoms with van der Waals surface area (Å²) in [5, 5.41) is 5.24. The molecule has 2 aromatic heterocycles. The van der Waals surface area contributed by atoms with Crippen LogP contribution in [-0.4, -0.2) is 35.1 Å². The van der Waals surface area contributed by atoms with Gasteiger partial charge in [0.2, 0.25) is 11.9 Å². The first-order valence-corrected chi connectivity index (χ1v) is 12.7. The summed E-state index contributed by atoms with van der Waals surface area (Å²) in [6.07, 6.45) is 2.51. The summed E-state index contributed by atoms with van der Waals surface area (Å²) in [6, 6.07) is 16.9. The van der Waals surface area contributed by atoms with E-state index in [1.54, 1.807) is 11.3 Å². The largest absolute Gasteiger partial charge is 0.355 e. The van der Waals surface area contributed by atoms with Gasteiger partial charge in [0.25, 0.3) is 0 Å². The lowest BCUT2D eigenvalue weighted by Crippen LogP contribution is -2.42. The van der Waals surface area contributed by atoms with Crippen LogP contribution >= 0.6 is 11.3 Å². The molecule has 1 saturated heterocycles. The molecule has 5 nitrogen and oxygen atoms in total. The SMILES string of the molecule is Cc1ccsc1CCNC(=O)C1CCN(c2nc3ccccc3n2Cc2ccc(F)cc2)CC1. The van der Waals surface area contributed by atoms with E-state index in [-0.39, 0.29) is 17.6 Å². The number of halogens is 1. The van der Waals surface area contributed by atoms with E-state index >= 15 is 0 Å². The number of carbonyl (C=O) groups is 1. The van der Waals surface area contributed by atoms with Crippen LogP contribution < -0.4 is 10.2 Å². The highest BCUT2D eigenvalue weighted by molar-refractivity contribution is 7.10. The number of aryl methyl sites for hydroxylation is 1. The topological polar surface area (TPSA) is 50.2 Å². The first kappa shape index (κ1) is 22.6. The van der Waals surface area contributed by atoms with Crippen molar-refractivity contribution < 1.29 is 9.18 Å². The molecule has 1 aliphatic heterocycles. The van der Waals surface area contributed by atoms with Gasteiger partial charge >= 0.3 is 0 Å². The maximum atomic E-state index is 13.4. The summed E-state index contributed by atoms with van der Waals surface area (Å²) in [7, 11) is 0. The number of benzene rings is 2. The number of hydrogen-bond acceptors (Lipinski definition) is 4. The van der Waals surface area contributed by atoms with Gasteiger partial charge in [0, 0.05) is 30.4 Å². The Kier molecular flexibility index (Phi) is 6.63. The standard InChI is InChI=1S/C27H29FN4OS/c1-19-13-17-34-25(19)10-14-29-26(33)21-11-15-31(16-12-21)27-30-23-4-2-3-5-24(23)32(27)18-20-6-8-22(28)9-7-20/h2-9,13,17,21H,10-12,14-16,18H2,1H3,(H,29,33). The van der Waals surface area contributed by atoms with Crippen LogP contribution in [0.3, 0.4) is 0 Å². The monoisotopic (exact) mass is 476 g/mol. The number of nitrogens with one attached hydrogen (secondary N) is 1. The van der Waals surface area contributed by atoms with E-state index in [1.807, 2.05) is 30.3 Å². The van der Waals surface area contributed by atoms with Crippen molar-refractivity contribution >= 4 is 34.2 Å². The van der Waals surface area contributed by atoms with Crippen molar-refractivity contribution in [3.63, 3.8) is 0 Å². The van der Waals surface area contributed by atoms with Crippen molar-refractivity contribution in [1.82, 2.24) is 14.9 Å². The second kappa shape index (κ2) is 9.97. The Morgan fingerprint density at radius 1 is 1.12 bits per heavy atom. The fourth-order valence-electron chi connectivity index (χ4n) is 4.68. The zero-order chi connectivity index (χ0) is 23.5. The van der Waals surface area contributed by atoms with Gasteiger partial charge in [-0.15, -0.1) is 11.3 Å². The van der Waals surface area contributed by atoms with Crippen LogP contribution in [0.4, 0.5) is 10.3 Å². The summed E-state index contributed by atoms with van der Waals surface area (Å²) >= 11 is 1.75. The summed E-state index contributed by atoms with van der Waals surface area (Å²) in [5.41, 5.74) is 4.34. The van der Waals surface area contributed by atoms with Gasteiger partial charge in [0.1, 0.15) is 5.82 Å². The summed E-state index contributed by atoms with van der Waals surface area (Å²) in [4.78, 5) is 21.3. The number of hydrogen-bond donors (Lipinski definition) is 1. The molecule has 1 aliphatic rings. The minimum atomic E-state index is -0.231. The van der Waals surface area contributed by atoms with Crippen LogP contribution in [0.1, 0.15) is 28.8 Å². The Bertz CT molecular complexity index is 1270. The van der Waals surface area contributed by atoms with Crippen LogP contribution in [-0.2, 0) is 17.8 Å². The molecule has 5 rings (SSSR count). The number of imidazole rings is 1. The van der Waals surface area contributed by atoms with Gasteiger partial charge in [-0.25, -0.2) is 9.37 Å². The zero-order valence-electron chi connectivity index (χ0n) is 19.3. The van der Waals surface area contributed by atoms with Crippen LogP contribution in [0.5, 0.6) is 0 Å². The molecule has 0 bridgehead atoms. The van der Waals surface area contributed by atoms with Gasteiger partial charge in [-0.1, -0.05) is 24.3 Å². The Morgan fingerprint density at radius 2 is 1.88 bits per heavy atom. The maximum absolute atomic E-state index is 13.4. The molecule has 4 aromatic rings. The van der Waals surface area contributed by atoms with E-state index in [9.17, 15) is 9.18 Å². The number of para-hydroxylation sites is 2. The van der Waals surface area contributed by atoms with Crippen molar-refractivity contribution in [2.45, 2.75) is 32.7 Å². The third kappa shape index (κ3) is 4.85. The number of amides is 1. The summed E-state index contributed by atoms with van der Waals surface area (Å²) in [5.74, 6) is 0.882. The second-order valence-corrected chi connectivity index (χ2v) is 9.94. The predicted molar refractivity (Wildman–Crippen MR) is 136 cm³/mol. The number of carbonyl (C=O) groups excluding carboxylic acids is 1. The molecule has 0 radical (unpaired) electrons. The first-order chi connectivity index (χ1) is 16.6. The van der Waals surface area contributed by atoms with Crippen molar-refractivity contribution in [2.75, 3.05) is 24.5 Å². The molecule has 1 amide bonds. The van der Waals surface area contributed by atoms with E-state index in [2.05, 4.69) is 39.2 Å². The molecule has 0 aliphatic carbocycles. The lowest BCUT2D eigenvalue weighted by molar-refractivity contribution is -0.125. The van der Waals surface area contributed by atoms with Crippen LogP contribution in [0, 0.1) is 18.7 Å². The molecule has 0 spiro atoms. The molecule has 1 N–H and O–H groups in total. The lowest BCUT2D eigenvalue weighted by atomic mass is 9.96. The molecular weight excluding hydrogens is 447 g/mol.